The molecule has 5 heteroatoms. The van der Waals surface area contributed by atoms with Crippen molar-refractivity contribution >= 4 is 11.7 Å². The van der Waals surface area contributed by atoms with E-state index in [1.165, 1.54) is 6.07 Å². The number of carbonyl (C=O) groups is 1. The number of aromatic carboxylic acids is 1. The number of ether oxygens (including phenoxy) is 2. The molecule has 0 saturated carbocycles. The van der Waals surface area contributed by atoms with Gasteiger partial charge < -0.3 is 19.9 Å². The highest BCUT2D eigenvalue weighted by Gasteiger charge is 2.08. The van der Waals surface area contributed by atoms with Crippen LogP contribution in [-0.2, 0) is 6.54 Å². The van der Waals surface area contributed by atoms with Gasteiger partial charge in [0, 0.05) is 6.54 Å². The second kappa shape index (κ2) is 8.08. The Balaban J connectivity index is 2.04. The zero-order valence-corrected chi connectivity index (χ0v) is 13.3. The number of carboxylic acid groups (broad SMARTS) is 1. The summed E-state index contributed by atoms with van der Waals surface area (Å²) in [6.07, 6.45) is 0.975. The summed E-state index contributed by atoms with van der Waals surface area (Å²) in [7, 11) is 1.56. The normalized spacial score (nSPS) is 10.2. The molecular formula is C18H21NO4. The lowest BCUT2D eigenvalue weighted by Crippen LogP contribution is -2.04. The molecular weight excluding hydrogens is 294 g/mol. The standard InChI is InChI=1S/C18H21NO4/c1-3-10-23-15-7-4-13(5-8-15)12-19-16-11-14(18(20)21)6-9-17(16)22-2/h4-9,11,19H,3,10,12H2,1-2H3,(H,20,21). The molecule has 0 fully saturated rings. The molecule has 0 heterocycles. The third kappa shape index (κ3) is 4.64. The minimum absolute atomic E-state index is 0.219. The van der Waals surface area contributed by atoms with Crippen LogP contribution in [0.4, 0.5) is 5.69 Å². The van der Waals surface area contributed by atoms with E-state index in [0.717, 1.165) is 17.7 Å². The van der Waals surface area contributed by atoms with Crippen LogP contribution in [0.15, 0.2) is 42.5 Å². The Morgan fingerprint density at radius 2 is 1.91 bits per heavy atom. The lowest BCUT2D eigenvalue weighted by molar-refractivity contribution is 0.0697. The Hall–Kier alpha value is -2.69. The molecule has 0 radical (unpaired) electrons. The molecule has 2 aromatic carbocycles. The molecule has 2 aromatic rings. The lowest BCUT2D eigenvalue weighted by atomic mass is 10.1. The molecule has 122 valence electrons. The fourth-order valence-corrected chi connectivity index (χ4v) is 2.10. The first kappa shape index (κ1) is 16.7. The van der Waals surface area contributed by atoms with E-state index in [0.29, 0.717) is 24.6 Å². The van der Waals surface area contributed by atoms with E-state index in [-0.39, 0.29) is 5.56 Å². The van der Waals surface area contributed by atoms with Gasteiger partial charge in [0.25, 0.3) is 0 Å². The van der Waals surface area contributed by atoms with Crippen LogP contribution in [0.2, 0.25) is 0 Å². The maximum atomic E-state index is 11.1. The van der Waals surface area contributed by atoms with E-state index in [9.17, 15) is 4.79 Å². The van der Waals surface area contributed by atoms with Crippen LogP contribution in [0.25, 0.3) is 0 Å². The average molecular weight is 315 g/mol. The maximum Gasteiger partial charge on any atom is 0.335 e. The molecule has 0 aliphatic carbocycles. The summed E-state index contributed by atoms with van der Waals surface area (Å²) in [5, 5.41) is 12.3. The molecule has 0 aliphatic rings. The number of hydrogen-bond acceptors (Lipinski definition) is 4. The van der Waals surface area contributed by atoms with Crippen LogP contribution < -0.4 is 14.8 Å². The molecule has 23 heavy (non-hydrogen) atoms. The summed E-state index contributed by atoms with van der Waals surface area (Å²) in [6, 6.07) is 12.5. The van der Waals surface area contributed by atoms with Gasteiger partial charge in [-0.1, -0.05) is 19.1 Å². The molecule has 5 nitrogen and oxygen atoms in total. The van der Waals surface area contributed by atoms with Crippen molar-refractivity contribution in [2.24, 2.45) is 0 Å². The molecule has 0 aromatic heterocycles. The zero-order chi connectivity index (χ0) is 16.7. The van der Waals surface area contributed by atoms with Gasteiger partial charge in [-0.2, -0.15) is 0 Å². The number of anilines is 1. The van der Waals surface area contributed by atoms with Crippen LogP contribution in [0.3, 0.4) is 0 Å². The monoisotopic (exact) mass is 315 g/mol. The largest absolute Gasteiger partial charge is 0.495 e. The predicted molar refractivity (Wildman–Crippen MR) is 89.5 cm³/mol. The minimum atomic E-state index is -0.965. The van der Waals surface area contributed by atoms with Gasteiger partial charge >= 0.3 is 5.97 Å². The van der Waals surface area contributed by atoms with Crippen molar-refractivity contribution in [2.45, 2.75) is 19.9 Å². The predicted octanol–water partition coefficient (Wildman–Crippen LogP) is 3.79. The van der Waals surface area contributed by atoms with Crippen molar-refractivity contribution in [1.82, 2.24) is 0 Å². The highest BCUT2D eigenvalue weighted by Crippen LogP contribution is 2.26. The number of hydrogen-bond donors (Lipinski definition) is 2. The molecule has 2 rings (SSSR count). The van der Waals surface area contributed by atoms with Crippen LogP contribution in [0.5, 0.6) is 11.5 Å². The first-order valence-electron chi connectivity index (χ1n) is 7.51. The van der Waals surface area contributed by atoms with Gasteiger partial charge in [0.15, 0.2) is 0 Å². The number of carboxylic acids is 1. The first-order chi connectivity index (χ1) is 11.1. The van der Waals surface area contributed by atoms with Gasteiger partial charge in [0.05, 0.1) is 25.0 Å². The summed E-state index contributed by atoms with van der Waals surface area (Å²) >= 11 is 0. The topological polar surface area (TPSA) is 67.8 Å². The number of methoxy groups -OCH3 is 1. The summed E-state index contributed by atoms with van der Waals surface area (Å²) < 4.78 is 10.8. The Morgan fingerprint density at radius 1 is 1.17 bits per heavy atom. The highest BCUT2D eigenvalue weighted by molar-refractivity contribution is 5.89. The summed E-state index contributed by atoms with van der Waals surface area (Å²) in [4.78, 5) is 11.1. The molecule has 0 aliphatic heterocycles. The number of benzene rings is 2. The first-order valence-corrected chi connectivity index (χ1v) is 7.51. The van der Waals surface area contributed by atoms with Gasteiger partial charge in [0.1, 0.15) is 11.5 Å². The smallest absolute Gasteiger partial charge is 0.335 e. The van der Waals surface area contributed by atoms with Gasteiger partial charge in [-0.05, 0) is 42.3 Å². The van der Waals surface area contributed by atoms with Crippen molar-refractivity contribution in [1.29, 1.82) is 0 Å². The minimum Gasteiger partial charge on any atom is -0.495 e. The van der Waals surface area contributed by atoms with Gasteiger partial charge in [-0.25, -0.2) is 4.79 Å². The third-order valence-electron chi connectivity index (χ3n) is 3.33. The van der Waals surface area contributed by atoms with Crippen molar-refractivity contribution in [2.75, 3.05) is 19.0 Å². The van der Waals surface area contributed by atoms with E-state index in [1.54, 1.807) is 19.2 Å². The summed E-state index contributed by atoms with van der Waals surface area (Å²) in [5.41, 5.74) is 1.94. The van der Waals surface area contributed by atoms with E-state index >= 15 is 0 Å². The molecule has 0 amide bonds. The number of rotatable bonds is 8. The van der Waals surface area contributed by atoms with Crippen molar-refractivity contribution in [3.8, 4) is 11.5 Å². The van der Waals surface area contributed by atoms with Crippen LogP contribution >= 0.6 is 0 Å². The molecule has 0 spiro atoms. The van der Waals surface area contributed by atoms with E-state index in [1.807, 2.05) is 24.3 Å². The highest BCUT2D eigenvalue weighted by atomic mass is 16.5. The van der Waals surface area contributed by atoms with Crippen LogP contribution in [0.1, 0.15) is 29.3 Å². The van der Waals surface area contributed by atoms with E-state index < -0.39 is 5.97 Å². The second-order valence-corrected chi connectivity index (χ2v) is 5.07. The van der Waals surface area contributed by atoms with E-state index in [2.05, 4.69) is 12.2 Å². The third-order valence-corrected chi connectivity index (χ3v) is 3.33. The zero-order valence-electron chi connectivity index (χ0n) is 13.3. The molecule has 0 unspecified atom stereocenters. The quantitative estimate of drug-likeness (QED) is 0.775. The molecule has 0 bridgehead atoms. The fraction of sp³-hybridized carbons (Fsp3) is 0.278. The van der Waals surface area contributed by atoms with Crippen molar-refractivity contribution < 1.29 is 19.4 Å². The Morgan fingerprint density at radius 3 is 2.52 bits per heavy atom. The van der Waals surface area contributed by atoms with E-state index in [4.69, 9.17) is 14.6 Å². The Kier molecular flexibility index (Phi) is 5.86. The van der Waals surface area contributed by atoms with Crippen LogP contribution in [0, 0.1) is 0 Å². The van der Waals surface area contributed by atoms with Gasteiger partial charge in [-0.15, -0.1) is 0 Å². The molecule has 0 saturated heterocycles. The Bertz CT molecular complexity index is 653. The average Bonchev–Trinajstić information content (AvgIpc) is 2.58. The van der Waals surface area contributed by atoms with Crippen molar-refractivity contribution in [3.05, 3.63) is 53.6 Å². The van der Waals surface area contributed by atoms with Crippen LogP contribution in [-0.4, -0.2) is 24.8 Å². The maximum absolute atomic E-state index is 11.1. The molecule has 2 N–H and O–H groups in total. The number of nitrogens with one attached hydrogen (secondary N) is 1. The van der Waals surface area contributed by atoms with Gasteiger partial charge in [-0.3, -0.25) is 0 Å². The summed E-state index contributed by atoms with van der Waals surface area (Å²) in [6.45, 7) is 3.33. The van der Waals surface area contributed by atoms with Crippen molar-refractivity contribution in [3.63, 3.8) is 0 Å². The summed E-state index contributed by atoms with van der Waals surface area (Å²) in [5.74, 6) is 0.493. The Labute approximate surface area is 135 Å². The SMILES string of the molecule is CCCOc1ccc(CNc2cc(C(=O)O)ccc2OC)cc1. The lowest BCUT2D eigenvalue weighted by Gasteiger charge is -2.12. The van der Waals surface area contributed by atoms with Gasteiger partial charge in [0.2, 0.25) is 0 Å². The molecule has 0 atom stereocenters. The fourth-order valence-electron chi connectivity index (χ4n) is 2.10. The second-order valence-electron chi connectivity index (χ2n) is 5.07.